The summed E-state index contributed by atoms with van der Waals surface area (Å²) in [5.41, 5.74) is 2.51. The van der Waals surface area contributed by atoms with Crippen molar-refractivity contribution in [3.63, 3.8) is 0 Å². The van der Waals surface area contributed by atoms with Gasteiger partial charge in [-0.25, -0.2) is 4.39 Å². The van der Waals surface area contributed by atoms with Crippen molar-refractivity contribution in [3.8, 4) is 5.75 Å². The highest BCUT2D eigenvalue weighted by atomic mass is 35.5. The summed E-state index contributed by atoms with van der Waals surface area (Å²) in [5.74, 6) is 0.642. The SMILES string of the molecule is O=C(COc1ccc(Cl)c(F)c1)N[C@@H]1C[C@H](C(=O)NCCC2CNc3ccccc32)C2CC1C2. The van der Waals surface area contributed by atoms with Crippen LogP contribution in [-0.4, -0.2) is 37.6 Å². The first kappa shape index (κ1) is 23.0. The van der Waals surface area contributed by atoms with Crippen LogP contribution in [0.5, 0.6) is 5.75 Å². The predicted octanol–water partition coefficient (Wildman–Crippen LogP) is 4.10. The fourth-order valence-corrected chi connectivity index (χ4v) is 5.72. The Kier molecular flexibility index (Phi) is 6.63. The van der Waals surface area contributed by atoms with E-state index in [0.717, 1.165) is 31.9 Å². The molecule has 0 spiro atoms. The van der Waals surface area contributed by atoms with Crippen molar-refractivity contribution < 1.29 is 18.7 Å². The largest absolute Gasteiger partial charge is 0.484 e. The van der Waals surface area contributed by atoms with Crippen LogP contribution in [0.2, 0.25) is 5.02 Å². The zero-order chi connectivity index (χ0) is 23.7. The Hall–Kier alpha value is -2.80. The van der Waals surface area contributed by atoms with Gasteiger partial charge in [0.2, 0.25) is 5.91 Å². The number of carbonyl (C=O) groups excluding carboxylic acids is 2. The molecule has 3 fully saturated rings. The second-order valence-corrected chi connectivity index (χ2v) is 10.0. The summed E-state index contributed by atoms with van der Waals surface area (Å²) in [5, 5.41) is 9.61. The Morgan fingerprint density at radius 3 is 2.76 bits per heavy atom. The van der Waals surface area contributed by atoms with Gasteiger partial charge in [0.05, 0.1) is 5.02 Å². The van der Waals surface area contributed by atoms with Gasteiger partial charge in [-0.05, 0) is 61.3 Å². The van der Waals surface area contributed by atoms with E-state index < -0.39 is 5.82 Å². The minimum Gasteiger partial charge on any atom is -0.484 e. The lowest BCUT2D eigenvalue weighted by molar-refractivity contribution is -0.136. The molecule has 2 amide bonds. The first-order valence-corrected chi connectivity index (χ1v) is 12.3. The summed E-state index contributed by atoms with van der Waals surface area (Å²) < 4.78 is 18.9. The molecule has 0 aromatic heterocycles. The van der Waals surface area contributed by atoms with Gasteiger partial charge in [0.1, 0.15) is 11.6 Å². The van der Waals surface area contributed by atoms with Gasteiger partial charge < -0.3 is 20.7 Å². The smallest absolute Gasteiger partial charge is 0.258 e. The number of nitrogens with one attached hydrogen (secondary N) is 3. The molecule has 34 heavy (non-hydrogen) atoms. The normalized spacial score (nSPS) is 26.6. The Morgan fingerprint density at radius 2 is 1.94 bits per heavy atom. The van der Waals surface area contributed by atoms with Crippen LogP contribution in [0.1, 0.15) is 37.2 Å². The van der Waals surface area contributed by atoms with Gasteiger partial charge in [0, 0.05) is 42.7 Å². The Morgan fingerprint density at radius 1 is 1.12 bits per heavy atom. The Bertz CT molecular complexity index is 1080. The standard InChI is InChI=1S/C26H29ClFN3O3/c27-21-6-5-18(11-22(21)28)34-14-25(32)31-24-12-20(16-9-17(24)10-16)26(33)29-8-7-15-13-30-23-4-2-1-3-19(15)23/h1-6,11,15-17,20,24,30H,7-10,12-14H2,(H,29,33)(H,31,32)/t15?,16?,17?,20-,24+/m0/s1. The average molecular weight is 486 g/mol. The van der Waals surface area contributed by atoms with Crippen molar-refractivity contribution >= 4 is 29.1 Å². The number of fused-ring (bicyclic) bond motifs is 3. The van der Waals surface area contributed by atoms with E-state index in [2.05, 4.69) is 34.1 Å². The monoisotopic (exact) mass is 485 g/mol. The van der Waals surface area contributed by atoms with E-state index in [1.54, 1.807) is 0 Å². The fourth-order valence-electron chi connectivity index (χ4n) is 5.60. The molecule has 1 unspecified atom stereocenters. The number of halogens is 2. The molecule has 2 aromatic carbocycles. The van der Waals surface area contributed by atoms with Crippen LogP contribution in [0, 0.1) is 23.6 Å². The third kappa shape index (κ3) is 4.85. The third-order valence-electron chi connectivity index (χ3n) is 7.53. The number of para-hydroxylation sites is 1. The molecule has 2 aromatic rings. The molecule has 3 aliphatic carbocycles. The van der Waals surface area contributed by atoms with Crippen LogP contribution in [0.4, 0.5) is 10.1 Å². The summed E-state index contributed by atoms with van der Waals surface area (Å²) in [7, 11) is 0. The predicted molar refractivity (Wildman–Crippen MR) is 128 cm³/mol. The number of benzene rings is 2. The summed E-state index contributed by atoms with van der Waals surface area (Å²) in [6.07, 6.45) is 3.48. The molecule has 180 valence electrons. The number of carbonyl (C=O) groups is 2. The minimum atomic E-state index is -0.588. The van der Waals surface area contributed by atoms with Crippen LogP contribution in [-0.2, 0) is 9.59 Å². The van der Waals surface area contributed by atoms with Crippen LogP contribution in [0.15, 0.2) is 42.5 Å². The zero-order valence-corrected chi connectivity index (χ0v) is 19.6. The molecular formula is C26H29ClFN3O3. The van der Waals surface area contributed by atoms with E-state index >= 15 is 0 Å². The maximum atomic E-state index is 13.5. The lowest BCUT2D eigenvalue weighted by atomic mass is 9.57. The van der Waals surface area contributed by atoms with E-state index in [1.165, 1.54) is 23.4 Å². The molecule has 0 saturated heterocycles. The van der Waals surface area contributed by atoms with Crippen molar-refractivity contribution in [1.82, 2.24) is 10.6 Å². The summed E-state index contributed by atoms with van der Waals surface area (Å²) >= 11 is 5.67. The zero-order valence-electron chi connectivity index (χ0n) is 18.9. The third-order valence-corrected chi connectivity index (χ3v) is 7.84. The average Bonchev–Trinajstić information content (AvgIpc) is 3.22. The molecule has 6 nitrogen and oxygen atoms in total. The topological polar surface area (TPSA) is 79.5 Å². The van der Waals surface area contributed by atoms with Crippen LogP contribution in [0.3, 0.4) is 0 Å². The first-order chi connectivity index (χ1) is 16.5. The Balaban J connectivity index is 1.08. The molecule has 1 aliphatic heterocycles. The van der Waals surface area contributed by atoms with Crippen molar-refractivity contribution in [2.45, 2.75) is 37.6 Å². The van der Waals surface area contributed by atoms with Crippen LogP contribution < -0.4 is 20.7 Å². The van der Waals surface area contributed by atoms with Gasteiger partial charge in [-0.1, -0.05) is 29.8 Å². The molecule has 4 aliphatic rings. The number of amides is 2. The highest BCUT2D eigenvalue weighted by Gasteiger charge is 2.48. The summed E-state index contributed by atoms with van der Waals surface area (Å²) in [6, 6.07) is 12.4. The number of hydrogen-bond donors (Lipinski definition) is 3. The van der Waals surface area contributed by atoms with E-state index in [0.29, 0.717) is 30.7 Å². The van der Waals surface area contributed by atoms with Crippen LogP contribution >= 0.6 is 11.6 Å². The van der Waals surface area contributed by atoms with Gasteiger partial charge in [-0.15, -0.1) is 0 Å². The highest BCUT2D eigenvalue weighted by molar-refractivity contribution is 6.30. The number of hydrogen-bond acceptors (Lipinski definition) is 4. The molecule has 1 heterocycles. The molecule has 0 radical (unpaired) electrons. The fraction of sp³-hybridized carbons (Fsp3) is 0.462. The van der Waals surface area contributed by atoms with Gasteiger partial charge in [0.25, 0.3) is 5.91 Å². The molecule has 8 heteroatoms. The second kappa shape index (κ2) is 9.82. The van der Waals surface area contributed by atoms with Gasteiger partial charge in [-0.2, -0.15) is 0 Å². The second-order valence-electron chi connectivity index (χ2n) is 9.62. The van der Waals surface area contributed by atoms with Crippen molar-refractivity contribution in [2.24, 2.45) is 17.8 Å². The lowest BCUT2D eigenvalue weighted by Gasteiger charge is -2.50. The molecule has 3 saturated carbocycles. The van der Waals surface area contributed by atoms with E-state index in [9.17, 15) is 14.0 Å². The quantitative estimate of drug-likeness (QED) is 0.526. The maximum absolute atomic E-state index is 13.5. The van der Waals surface area contributed by atoms with E-state index in [1.807, 2.05) is 6.07 Å². The lowest BCUT2D eigenvalue weighted by Crippen LogP contribution is -2.56. The molecule has 6 rings (SSSR count). The van der Waals surface area contributed by atoms with E-state index in [-0.39, 0.29) is 41.2 Å². The van der Waals surface area contributed by atoms with Gasteiger partial charge >= 0.3 is 0 Å². The summed E-state index contributed by atoms with van der Waals surface area (Å²) in [6.45, 7) is 1.35. The first-order valence-electron chi connectivity index (χ1n) is 12.0. The minimum absolute atomic E-state index is 0.00703. The maximum Gasteiger partial charge on any atom is 0.258 e. The number of rotatable bonds is 8. The molecule has 3 atom stereocenters. The van der Waals surface area contributed by atoms with Crippen molar-refractivity contribution in [2.75, 3.05) is 25.0 Å². The van der Waals surface area contributed by atoms with Crippen molar-refractivity contribution in [1.29, 1.82) is 0 Å². The number of ether oxygens (including phenoxy) is 1. The van der Waals surface area contributed by atoms with Crippen molar-refractivity contribution in [3.05, 3.63) is 58.9 Å². The van der Waals surface area contributed by atoms with Gasteiger partial charge in [0.15, 0.2) is 6.61 Å². The summed E-state index contributed by atoms with van der Waals surface area (Å²) in [4.78, 5) is 25.4. The molecule has 2 bridgehead atoms. The number of anilines is 1. The molecular weight excluding hydrogens is 457 g/mol. The van der Waals surface area contributed by atoms with Gasteiger partial charge in [-0.3, -0.25) is 9.59 Å². The molecule has 3 N–H and O–H groups in total. The highest BCUT2D eigenvalue weighted by Crippen LogP contribution is 2.49. The van der Waals surface area contributed by atoms with E-state index in [4.69, 9.17) is 16.3 Å². The van der Waals surface area contributed by atoms with Crippen LogP contribution in [0.25, 0.3) is 0 Å². The Labute approximate surface area is 203 Å².